The molecule has 172 valence electrons. The number of hydrogen-bond acceptors (Lipinski definition) is 4. The molecule has 0 saturated carbocycles. The van der Waals surface area contributed by atoms with Gasteiger partial charge in [0.2, 0.25) is 5.91 Å². The van der Waals surface area contributed by atoms with Crippen molar-refractivity contribution in [3.8, 4) is 0 Å². The van der Waals surface area contributed by atoms with Gasteiger partial charge >= 0.3 is 6.03 Å². The molecule has 2 aliphatic rings. The van der Waals surface area contributed by atoms with Crippen LogP contribution in [0.4, 0.5) is 4.79 Å². The van der Waals surface area contributed by atoms with Crippen LogP contribution in [0.15, 0.2) is 59.9 Å². The maximum absolute atomic E-state index is 13.7. The second kappa shape index (κ2) is 8.69. The van der Waals surface area contributed by atoms with Gasteiger partial charge in [-0.05, 0) is 45.4 Å². The number of carbonyl (C=O) groups is 3. The summed E-state index contributed by atoms with van der Waals surface area (Å²) in [5.41, 5.74) is 2.72. The lowest BCUT2D eigenvalue weighted by atomic mass is 9.94. The molecule has 1 aromatic carbocycles. The molecule has 0 aliphatic carbocycles. The molecule has 3 heterocycles. The van der Waals surface area contributed by atoms with Gasteiger partial charge in [-0.15, -0.1) is 0 Å². The van der Waals surface area contributed by atoms with Crippen LogP contribution in [-0.2, 0) is 16.1 Å². The molecule has 2 aliphatic heterocycles. The Bertz CT molecular complexity index is 1110. The van der Waals surface area contributed by atoms with E-state index in [4.69, 9.17) is 0 Å². The molecular formula is C25H29N5O3. The summed E-state index contributed by atoms with van der Waals surface area (Å²) in [4.78, 5) is 47.0. The summed E-state index contributed by atoms with van der Waals surface area (Å²) < 4.78 is 0. The fraction of sp³-hybridized carbons (Fsp3) is 0.360. The van der Waals surface area contributed by atoms with Crippen LogP contribution in [0, 0.1) is 6.92 Å². The van der Waals surface area contributed by atoms with Crippen molar-refractivity contribution in [1.29, 1.82) is 0 Å². The van der Waals surface area contributed by atoms with Crippen LogP contribution in [0.25, 0.3) is 0 Å². The van der Waals surface area contributed by atoms with Crippen LogP contribution < -0.4 is 10.6 Å². The van der Waals surface area contributed by atoms with E-state index in [-0.39, 0.29) is 30.9 Å². The van der Waals surface area contributed by atoms with E-state index in [0.29, 0.717) is 17.8 Å². The monoisotopic (exact) mass is 447 g/mol. The Labute approximate surface area is 193 Å². The lowest BCUT2D eigenvalue weighted by Crippen LogP contribution is -2.56. The lowest BCUT2D eigenvalue weighted by Gasteiger charge is -2.34. The molecule has 0 bridgehead atoms. The van der Waals surface area contributed by atoms with Gasteiger partial charge in [-0.3, -0.25) is 19.5 Å². The number of carbonyl (C=O) groups excluding carboxylic acids is 3. The number of urea groups is 1. The van der Waals surface area contributed by atoms with Crippen LogP contribution in [-0.4, -0.2) is 51.3 Å². The zero-order valence-electron chi connectivity index (χ0n) is 19.4. The molecule has 8 nitrogen and oxygen atoms in total. The van der Waals surface area contributed by atoms with E-state index in [1.54, 1.807) is 29.8 Å². The number of likely N-dealkylation sites (N-methyl/N-ethyl adjacent to an activating group) is 1. The van der Waals surface area contributed by atoms with Crippen molar-refractivity contribution in [3.63, 3.8) is 0 Å². The lowest BCUT2D eigenvalue weighted by molar-refractivity contribution is -0.141. The summed E-state index contributed by atoms with van der Waals surface area (Å²) in [5, 5.41) is 5.87. The highest BCUT2D eigenvalue weighted by Gasteiger charge is 2.49. The molecule has 33 heavy (non-hydrogen) atoms. The summed E-state index contributed by atoms with van der Waals surface area (Å²) in [6.45, 7) is 8.20. The summed E-state index contributed by atoms with van der Waals surface area (Å²) in [5.74, 6) is -0.525. The Morgan fingerprint density at radius 1 is 1.18 bits per heavy atom. The molecule has 0 unspecified atom stereocenters. The quantitative estimate of drug-likeness (QED) is 0.712. The first-order chi connectivity index (χ1) is 15.7. The van der Waals surface area contributed by atoms with E-state index in [1.165, 1.54) is 0 Å². The van der Waals surface area contributed by atoms with Crippen LogP contribution >= 0.6 is 0 Å². The van der Waals surface area contributed by atoms with E-state index in [2.05, 4.69) is 15.6 Å². The molecule has 2 aromatic rings. The standard InChI is InChI=1S/C25H29N5O3/c1-5-29-19-15-30(25(3,4)23(32)27-14-18-8-6-7-13-26-18)22(31)20(19)21(28-24(29)33)17-11-9-16(2)10-12-17/h6-13,21H,5,14-15H2,1-4H3,(H,27,32)(H,28,33)/t21-/m0/s1. The second-order valence-electron chi connectivity index (χ2n) is 8.85. The average molecular weight is 448 g/mol. The van der Waals surface area contributed by atoms with Gasteiger partial charge in [-0.25, -0.2) is 4.79 Å². The molecule has 1 atom stereocenters. The third kappa shape index (κ3) is 4.08. The fourth-order valence-electron chi connectivity index (χ4n) is 4.30. The number of aryl methyl sites for hydroxylation is 1. The second-order valence-corrected chi connectivity index (χ2v) is 8.85. The van der Waals surface area contributed by atoms with Crippen molar-refractivity contribution in [2.24, 2.45) is 0 Å². The number of pyridine rings is 1. The first kappa shape index (κ1) is 22.5. The van der Waals surface area contributed by atoms with Gasteiger partial charge in [-0.1, -0.05) is 35.9 Å². The Hall–Kier alpha value is -3.68. The van der Waals surface area contributed by atoms with Crippen molar-refractivity contribution in [2.75, 3.05) is 13.1 Å². The molecule has 0 fully saturated rings. The van der Waals surface area contributed by atoms with Crippen LogP contribution in [0.2, 0.25) is 0 Å². The van der Waals surface area contributed by atoms with Gasteiger partial charge in [0.25, 0.3) is 5.91 Å². The number of rotatable bonds is 6. The van der Waals surface area contributed by atoms with Crippen molar-refractivity contribution in [3.05, 3.63) is 76.8 Å². The predicted octanol–water partition coefficient (Wildman–Crippen LogP) is 2.67. The van der Waals surface area contributed by atoms with E-state index >= 15 is 0 Å². The zero-order valence-corrected chi connectivity index (χ0v) is 19.4. The minimum atomic E-state index is -1.12. The SMILES string of the molecule is CCN1C(=O)N[C@@H](c2ccc(C)cc2)C2=C1CN(C(C)(C)C(=O)NCc1ccccn1)C2=O. The van der Waals surface area contributed by atoms with E-state index in [1.807, 2.05) is 56.3 Å². The molecule has 0 radical (unpaired) electrons. The number of nitrogens with zero attached hydrogens (tertiary/aromatic N) is 3. The first-order valence-corrected chi connectivity index (χ1v) is 11.1. The van der Waals surface area contributed by atoms with Gasteiger partial charge < -0.3 is 15.5 Å². The molecule has 8 heteroatoms. The number of benzene rings is 1. The van der Waals surface area contributed by atoms with Gasteiger partial charge in [0.05, 0.1) is 36.1 Å². The topological polar surface area (TPSA) is 94.6 Å². The summed E-state index contributed by atoms with van der Waals surface area (Å²) in [7, 11) is 0. The molecule has 2 N–H and O–H groups in total. The highest BCUT2D eigenvalue weighted by Crippen LogP contribution is 2.38. The third-order valence-electron chi connectivity index (χ3n) is 6.34. The van der Waals surface area contributed by atoms with Crippen LogP contribution in [0.1, 0.15) is 43.6 Å². The molecular weight excluding hydrogens is 418 g/mol. The highest BCUT2D eigenvalue weighted by atomic mass is 16.2. The summed E-state index contributed by atoms with van der Waals surface area (Å²) >= 11 is 0. The molecule has 4 amide bonds. The first-order valence-electron chi connectivity index (χ1n) is 11.1. The molecule has 1 aromatic heterocycles. The highest BCUT2D eigenvalue weighted by molar-refractivity contribution is 6.04. The minimum absolute atomic E-state index is 0.196. The summed E-state index contributed by atoms with van der Waals surface area (Å²) in [6.07, 6.45) is 1.67. The van der Waals surface area contributed by atoms with Gasteiger partial charge in [0.15, 0.2) is 0 Å². The minimum Gasteiger partial charge on any atom is -0.348 e. The number of aromatic nitrogens is 1. The maximum atomic E-state index is 13.7. The zero-order chi connectivity index (χ0) is 23.8. The Balaban J connectivity index is 1.61. The van der Waals surface area contributed by atoms with Crippen molar-refractivity contribution >= 4 is 17.8 Å². The molecule has 4 rings (SSSR count). The van der Waals surface area contributed by atoms with E-state index in [9.17, 15) is 14.4 Å². The number of hydrogen-bond donors (Lipinski definition) is 2. The van der Waals surface area contributed by atoms with Crippen LogP contribution in [0.5, 0.6) is 0 Å². The molecule has 0 saturated heterocycles. The molecule has 0 spiro atoms. The van der Waals surface area contributed by atoms with Crippen molar-refractivity contribution < 1.29 is 14.4 Å². The number of amides is 4. The fourth-order valence-corrected chi connectivity index (χ4v) is 4.30. The largest absolute Gasteiger partial charge is 0.348 e. The van der Waals surface area contributed by atoms with Gasteiger partial charge in [0, 0.05) is 12.7 Å². The van der Waals surface area contributed by atoms with Gasteiger partial charge in [0.1, 0.15) is 5.54 Å². The summed E-state index contributed by atoms with van der Waals surface area (Å²) in [6, 6.07) is 12.5. The Kier molecular flexibility index (Phi) is 5.93. The van der Waals surface area contributed by atoms with Crippen molar-refractivity contribution in [2.45, 2.75) is 45.8 Å². The van der Waals surface area contributed by atoms with Gasteiger partial charge in [-0.2, -0.15) is 0 Å². The normalized spacial score (nSPS) is 18.4. The smallest absolute Gasteiger partial charge is 0.322 e. The maximum Gasteiger partial charge on any atom is 0.322 e. The van der Waals surface area contributed by atoms with E-state index < -0.39 is 11.6 Å². The van der Waals surface area contributed by atoms with E-state index in [0.717, 1.165) is 16.8 Å². The predicted molar refractivity (Wildman–Crippen MR) is 124 cm³/mol. The number of nitrogens with one attached hydrogen (secondary N) is 2. The van der Waals surface area contributed by atoms with Crippen LogP contribution in [0.3, 0.4) is 0 Å². The Morgan fingerprint density at radius 3 is 2.55 bits per heavy atom. The third-order valence-corrected chi connectivity index (χ3v) is 6.34. The van der Waals surface area contributed by atoms with Crippen molar-refractivity contribution in [1.82, 2.24) is 25.4 Å². The average Bonchev–Trinajstić information content (AvgIpc) is 3.16. The Morgan fingerprint density at radius 2 is 1.91 bits per heavy atom.